The van der Waals surface area contributed by atoms with Gasteiger partial charge in [0.2, 0.25) is 11.8 Å². The van der Waals surface area contributed by atoms with Crippen molar-refractivity contribution in [2.75, 3.05) is 44.0 Å². The van der Waals surface area contributed by atoms with E-state index >= 15 is 0 Å². The number of aliphatic hydroxyl groups is 1. The van der Waals surface area contributed by atoms with Gasteiger partial charge < -0.3 is 25.2 Å². The molecule has 2 heterocycles. The van der Waals surface area contributed by atoms with Crippen molar-refractivity contribution >= 4 is 11.8 Å². The Kier molecular flexibility index (Phi) is 4.75. The minimum absolute atomic E-state index is 0.0693. The Bertz CT molecular complexity index is 408. The molecule has 7 heteroatoms. The van der Waals surface area contributed by atoms with E-state index in [1.165, 1.54) is 0 Å². The van der Waals surface area contributed by atoms with Crippen LogP contribution in [-0.2, 0) is 4.74 Å². The highest BCUT2D eigenvalue weighted by Gasteiger charge is 2.21. The van der Waals surface area contributed by atoms with Gasteiger partial charge in [-0.15, -0.1) is 0 Å². The quantitative estimate of drug-likeness (QED) is 0.779. The Labute approximate surface area is 112 Å². The van der Waals surface area contributed by atoms with Crippen LogP contribution in [-0.4, -0.2) is 54.6 Å². The summed E-state index contributed by atoms with van der Waals surface area (Å²) in [5.74, 6) is 1.47. The average molecular weight is 268 g/mol. The van der Waals surface area contributed by atoms with Gasteiger partial charge in [-0.2, -0.15) is 9.97 Å². The number of piperidine rings is 1. The van der Waals surface area contributed by atoms with Crippen LogP contribution >= 0.6 is 0 Å². The standard InChI is InChI=1S/C12H20N4O3/c1-18-11-8-10(14-12(13)15-11)16-4-2-9(3-5-16)19-7-6-17/h8-9,17H,2-7H2,1H3,(H2,13,14,15). The van der Waals surface area contributed by atoms with E-state index in [0.29, 0.717) is 12.5 Å². The molecule has 0 amide bonds. The van der Waals surface area contributed by atoms with Crippen LogP contribution in [0.4, 0.5) is 11.8 Å². The lowest BCUT2D eigenvalue weighted by Crippen LogP contribution is -2.38. The molecular formula is C12H20N4O3. The second kappa shape index (κ2) is 6.53. The summed E-state index contributed by atoms with van der Waals surface area (Å²) in [6.45, 7) is 2.16. The Morgan fingerprint density at radius 1 is 1.42 bits per heavy atom. The lowest BCUT2D eigenvalue weighted by atomic mass is 10.1. The highest BCUT2D eigenvalue weighted by molar-refractivity contribution is 5.45. The molecule has 1 fully saturated rings. The van der Waals surface area contributed by atoms with Gasteiger partial charge in [0.1, 0.15) is 5.82 Å². The van der Waals surface area contributed by atoms with E-state index in [9.17, 15) is 0 Å². The minimum Gasteiger partial charge on any atom is -0.481 e. The van der Waals surface area contributed by atoms with E-state index in [2.05, 4.69) is 14.9 Å². The third kappa shape index (κ3) is 3.68. The second-order valence-electron chi connectivity index (χ2n) is 4.41. The molecule has 7 nitrogen and oxygen atoms in total. The van der Waals surface area contributed by atoms with Crippen molar-refractivity contribution in [1.29, 1.82) is 0 Å². The number of nitrogens with two attached hydrogens (primary N) is 1. The monoisotopic (exact) mass is 268 g/mol. The molecular weight excluding hydrogens is 248 g/mol. The van der Waals surface area contributed by atoms with Crippen molar-refractivity contribution in [1.82, 2.24) is 9.97 Å². The van der Waals surface area contributed by atoms with Gasteiger partial charge in [-0.1, -0.05) is 0 Å². The molecule has 0 aliphatic carbocycles. The number of aliphatic hydroxyl groups excluding tert-OH is 1. The number of anilines is 2. The number of hydrogen-bond acceptors (Lipinski definition) is 7. The van der Waals surface area contributed by atoms with Crippen LogP contribution in [0.15, 0.2) is 6.07 Å². The highest BCUT2D eigenvalue weighted by atomic mass is 16.5. The summed E-state index contributed by atoms with van der Waals surface area (Å²) in [5.41, 5.74) is 5.65. The lowest BCUT2D eigenvalue weighted by molar-refractivity contribution is 0.0158. The Hall–Kier alpha value is -1.60. The topological polar surface area (TPSA) is 93.7 Å². The SMILES string of the molecule is COc1cc(N2CCC(OCCO)CC2)nc(N)n1. The van der Waals surface area contributed by atoms with Crippen LogP contribution in [0.25, 0.3) is 0 Å². The Morgan fingerprint density at radius 2 is 2.16 bits per heavy atom. The number of hydrogen-bond donors (Lipinski definition) is 2. The summed E-state index contributed by atoms with van der Waals surface area (Å²) in [5, 5.41) is 8.73. The van der Waals surface area contributed by atoms with Crippen LogP contribution in [0.2, 0.25) is 0 Å². The minimum atomic E-state index is 0.0693. The fourth-order valence-corrected chi connectivity index (χ4v) is 2.17. The van der Waals surface area contributed by atoms with Gasteiger partial charge in [0.05, 0.1) is 26.4 Å². The number of ether oxygens (including phenoxy) is 2. The molecule has 0 bridgehead atoms. The molecule has 106 valence electrons. The largest absolute Gasteiger partial charge is 0.481 e. The van der Waals surface area contributed by atoms with Gasteiger partial charge in [-0.3, -0.25) is 0 Å². The van der Waals surface area contributed by atoms with Crippen LogP contribution in [0.1, 0.15) is 12.8 Å². The maximum atomic E-state index is 8.73. The molecule has 2 rings (SSSR count). The van der Waals surface area contributed by atoms with Gasteiger partial charge in [0.25, 0.3) is 0 Å². The van der Waals surface area contributed by atoms with E-state index < -0.39 is 0 Å². The number of aromatic nitrogens is 2. The smallest absolute Gasteiger partial charge is 0.225 e. The summed E-state index contributed by atoms with van der Waals surface area (Å²) in [6.07, 6.45) is 2.03. The molecule has 19 heavy (non-hydrogen) atoms. The Balaban J connectivity index is 1.95. The maximum absolute atomic E-state index is 8.73. The van der Waals surface area contributed by atoms with E-state index in [0.717, 1.165) is 31.7 Å². The summed E-state index contributed by atoms with van der Waals surface area (Å²) >= 11 is 0. The molecule has 1 saturated heterocycles. The summed E-state index contributed by atoms with van der Waals surface area (Å²) in [4.78, 5) is 10.3. The first-order valence-corrected chi connectivity index (χ1v) is 6.39. The van der Waals surface area contributed by atoms with Gasteiger partial charge in [0.15, 0.2) is 0 Å². The molecule has 0 unspecified atom stereocenters. The molecule has 1 aliphatic rings. The third-order valence-corrected chi connectivity index (χ3v) is 3.13. The molecule has 0 aromatic carbocycles. The molecule has 3 N–H and O–H groups in total. The summed E-state index contributed by atoms with van der Waals surface area (Å²) in [7, 11) is 1.56. The predicted molar refractivity (Wildman–Crippen MR) is 71.3 cm³/mol. The van der Waals surface area contributed by atoms with Crippen LogP contribution < -0.4 is 15.4 Å². The average Bonchev–Trinajstić information content (AvgIpc) is 2.45. The molecule has 1 aliphatic heterocycles. The summed E-state index contributed by atoms with van der Waals surface area (Å²) in [6, 6.07) is 1.78. The van der Waals surface area contributed by atoms with Crippen LogP contribution in [0.3, 0.4) is 0 Å². The van der Waals surface area contributed by atoms with Gasteiger partial charge in [-0.05, 0) is 12.8 Å². The van der Waals surface area contributed by atoms with Crippen molar-refractivity contribution in [2.24, 2.45) is 0 Å². The van der Waals surface area contributed by atoms with Crippen molar-refractivity contribution in [3.05, 3.63) is 6.07 Å². The molecule has 1 aromatic heterocycles. The number of rotatable bonds is 5. The molecule has 1 aromatic rings. The number of nitrogen functional groups attached to an aromatic ring is 1. The lowest BCUT2D eigenvalue weighted by Gasteiger charge is -2.32. The van der Waals surface area contributed by atoms with E-state index in [-0.39, 0.29) is 18.7 Å². The zero-order valence-electron chi connectivity index (χ0n) is 11.1. The molecule has 0 radical (unpaired) electrons. The molecule has 0 saturated carbocycles. The first-order chi connectivity index (χ1) is 9.22. The zero-order valence-corrected chi connectivity index (χ0v) is 11.1. The second-order valence-corrected chi connectivity index (χ2v) is 4.41. The highest BCUT2D eigenvalue weighted by Crippen LogP contribution is 2.23. The van der Waals surface area contributed by atoms with Crippen LogP contribution in [0, 0.1) is 0 Å². The molecule has 0 atom stereocenters. The number of methoxy groups -OCH3 is 1. The fourth-order valence-electron chi connectivity index (χ4n) is 2.17. The van der Waals surface area contributed by atoms with E-state index in [4.69, 9.17) is 20.3 Å². The van der Waals surface area contributed by atoms with Gasteiger partial charge >= 0.3 is 0 Å². The van der Waals surface area contributed by atoms with Gasteiger partial charge in [-0.25, -0.2) is 0 Å². The zero-order chi connectivity index (χ0) is 13.7. The molecule has 0 spiro atoms. The first-order valence-electron chi connectivity index (χ1n) is 6.39. The van der Waals surface area contributed by atoms with Crippen molar-refractivity contribution in [3.8, 4) is 5.88 Å². The van der Waals surface area contributed by atoms with Gasteiger partial charge in [0, 0.05) is 19.2 Å². The number of nitrogens with zero attached hydrogens (tertiary/aromatic N) is 3. The predicted octanol–water partition coefficient (Wildman–Crippen LogP) is 0.0451. The van der Waals surface area contributed by atoms with Crippen molar-refractivity contribution < 1.29 is 14.6 Å². The third-order valence-electron chi connectivity index (χ3n) is 3.13. The van der Waals surface area contributed by atoms with Crippen molar-refractivity contribution in [3.63, 3.8) is 0 Å². The maximum Gasteiger partial charge on any atom is 0.225 e. The van der Waals surface area contributed by atoms with Crippen LogP contribution in [0.5, 0.6) is 5.88 Å². The fraction of sp³-hybridized carbons (Fsp3) is 0.667. The first kappa shape index (κ1) is 13.8. The van der Waals surface area contributed by atoms with E-state index in [1.807, 2.05) is 0 Å². The normalized spacial score (nSPS) is 16.6. The Morgan fingerprint density at radius 3 is 2.79 bits per heavy atom. The summed E-state index contributed by atoms with van der Waals surface area (Å²) < 4.78 is 10.6. The van der Waals surface area contributed by atoms with Crippen molar-refractivity contribution in [2.45, 2.75) is 18.9 Å². The van der Waals surface area contributed by atoms with E-state index in [1.54, 1.807) is 13.2 Å².